The van der Waals surface area contributed by atoms with E-state index in [1.165, 1.54) is 31.4 Å². The molecule has 1 unspecified atom stereocenters. The lowest BCUT2D eigenvalue weighted by Crippen LogP contribution is -2.51. The molecule has 0 radical (unpaired) electrons. The number of esters is 1. The molecular weight excluding hydrogens is 560 g/mol. The highest BCUT2D eigenvalue weighted by Gasteiger charge is 2.56. The van der Waals surface area contributed by atoms with Gasteiger partial charge in [0.25, 0.3) is 5.91 Å². The molecule has 13 heteroatoms. The molecule has 1 aromatic heterocycles. The number of nitrogens with one attached hydrogen (secondary N) is 1. The quantitative estimate of drug-likeness (QED) is 0.268. The molecule has 0 bridgehead atoms. The summed E-state index contributed by atoms with van der Waals surface area (Å²) in [5, 5.41) is 12.7. The van der Waals surface area contributed by atoms with Gasteiger partial charge in [-0.05, 0) is 61.4 Å². The Bertz CT molecular complexity index is 1450. The first-order chi connectivity index (χ1) is 18.9. The maximum Gasteiger partial charge on any atom is 0.424 e. The summed E-state index contributed by atoms with van der Waals surface area (Å²) in [5.41, 5.74) is -5.36. The van der Waals surface area contributed by atoms with Gasteiger partial charge in [-0.1, -0.05) is 11.6 Å². The maximum atomic E-state index is 14.3. The standard InChI is InChI=1S/C27H23ClF4N2O6/c1-38-22-11-15(4-8-21(22)40-17-5-6-17)24(35)33-13-26(37,27(30,31)32)23-12-16(25(36)39-2)10-20(34-23)14-3-7-19(29)18(28)9-14/h3-4,7-12,17,37H,5-6,13H2,1-2H3,(H,33,35). The molecule has 212 valence electrons. The highest BCUT2D eigenvalue weighted by atomic mass is 35.5. The van der Waals surface area contributed by atoms with Gasteiger partial charge in [-0.2, -0.15) is 13.2 Å². The van der Waals surface area contributed by atoms with E-state index in [4.69, 9.17) is 21.1 Å². The van der Waals surface area contributed by atoms with Crippen molar-refractivity contribution in [2.75, 3.05) is 20.8 Å². The fourth-order valence-electron chi connectivity index (χ4n) is 3.70. The zero-order valence-corrected chi connectivity index (χ0v) is 21.9. The minimum atomic E-state index is -5.36. The van der Waals surface area contributed by atoms with Crippen molar-refractivity contribution in [3.63, 3.8) is 0 Å². The molecule has 1 saturated carbocycles. The normalized spacial score (nSPS) is 14.7. The van der Waals surface area contributed by atoms with Crippen LogP contribution >= 0.6 is 11.6 Å². The van der Waals surface area contributed by atoms with Crippen LogP contribution in [-0.2, 0) is 10.3 Å². The van der Waals surface area contributed by atoms with Gasteiger partial charge in [-0.15, -0.1) is 0 Å². The number of hydrogen-bond donors (Lipinski definition) is 2. The molecule has 0 spiro atoms. The van der Waals surface area contributed by atoms with E-state index in [-0.39, 0.29) is 39.3 Å². The number of methoxy groups -OCH3 is 2. The average Bonchev–Trinajstić information content (AvgIpc) is 3.75. The molecule has 1 aliphatic rings. The van der Waals surface area contributed by atoms with Crippen molar-refractivity contribution in [3.05, 3.63) is 76.2 Å². The van der Waals surface area contributed by atoms with E-state index in [0.29, 0.717) is 11.8 Å². The predicted octanol–water partition coefficient (Wildman–Crippen LogP) is 5.06. The van der Waals surface area contributed by atoms with E-state index in [2.05, 4.69) is 15.0 Å². The van der Waals surface area contributed by atoms with E-state index in [1.54, 1.807) is 0 Å². The van der Waals surface area contributed by atoms with Crippen LogP contribution < -0.4 is 14.8 Å². The van der Waals surface area contributed by atoms with Crippen LogP contribution in [0.2, 0.25) is 5.02 Å². The van der Waals surface area contributed by atoms with Crippen molar-refractivity contribution in [1.82, 2.24) is 10.3 Å². The number of nitrogens with zero attached hydrogens (tertiary/aromatic N) is 1. The zero-order chi connectivity index (χ0) is 29.2. The first-order valence-electron chi connectivity index (χ1n) is 11.8. The van der Waals surface area contributed by atoms with E-state index in [1.807, 2.05) is 0 Å². The van der Waals surface area contributed by atoms with Crippen molar-refractivity contribution in [2.45, 2.75) is 30.7 Å². The van der Waals surface area contributed by atoms with Gasteiger partial charge in [-0.3, -0.25) is 4.79 Å². The molecule has 1 atom stereocenters. The average molecular weight is 583 g/mol. The Morgan fingerprint density at radius 1 is 1.05 bits per heavy atom. The Hall–Kier alpha value is -3.90. The minimum Gasteiger partial charge on any atom is -0.493 e. The summed E-state index contributed by atoms with van der Waals surface area (Å²) in [7, 11) is 2.37. The van der Waals surface area contributed by atoms with Crippen LogP contribution in [0.5, 0.6) is 11.5 Å². The third-order valence-electron chi connectivity index (χ3n) is 6.10. The number of ether oxygens (including phenoxy) is 3. The smallest absolute Gasteiger partial charge is 0.424 e. The van der Waals surface area contributed by atoms with Gasteiger partial charge in [0, 0.05) is 11.1 Å². The molecule has 4 rings (SSSR count). The van der Waals surface area contributed by atoms with Crippen molar-refractivity contribution in [1.29, 1.82) is 0 Å². The van der Waals surface area contributed by atoms with Gasteiger partial charge in [0.15, 0.2) is 11.5 Å². The van der Waals surface area contributed by atoms with Gasteiger partial charge in [0.1, 0.15) is 5.82 Å². The SMILES string of the molecule is COC(=O)c1cc(-c2ccc(F)c(Cl)c2)nc(C(O)(CNC(=O)c2ccc(OC3CC3)c(OC)c2)C(F)(F)F)c1. The fraction of sp³-hybridized carbons (Fsp3) is 0.296. The van der Waals surface area contributed by atoms with Crippen molar-refractivity contribution in [2.24, 2.45) is 0 Å². The summed E-state index contributed by atoms with van der Waals surface area (Å²) in [5.74, 6) is -2.17. The Kier molecular flexibility index (Phi) is 8.22. The molecule has 0 aliphatic heterocycles. The molecular formula is C27H23ClF4N2O6. The van der Waals surface area contributed by atoms with Crippen molar-refractivity contribution in [3.8, 4) is 22.8 Å². The Morgan fingerprint density at radius 2 is 1.77 bits per heavy atom. The molecule has 2 N–H and O–H groups in total. The van der Waals surface area contributed by atoms with Gasteiger partial charge < -0.3 is 24.6 Å². The summed E-state index contributed by atoms with van der Waals surface area (Å²) < 4.78 is 72.2. The summed E-state index contributed by atoms with van der Waals surface area (Å²) in [6, 6.07) is 9.16. The van der Waals surface area contributed by atoms with Crippen LogP contribution in [-0.4, -0.2) is 55.0 Å². The highest BCUT2D eigenvalue weighted by Crippen LogP contribution is 2.40. The van der Waals surface area contributed by atoms with E-state index in [9.17, 15) is 32.3 Å². The molecule has 3 aromatic rings. The van der Waals surface area contributed by atoms with E-state index < -0.39 is 41.7 Å². The summed E-state index contributed by atoms with van der Waals surface area (Å²) >= 11 is 5.81. The number of amides is 1. The van der Waals surface area contributed by atoms with Gasteiger partial charge in [0.2, 0.25) is 5.60 Å². The van der Waals surface area contributed by atoms with Crippen LogP contribution in [0.1, 0.15) is 39.3 Å². The summed E-state index contributed by atoms with van der Waals surface area (Å²) in [6.07, 6.45) is -3.57. The van der Waals surface area contributed by atoms with Crippen molar-refractivity contribution >= 4 is 23.5 Å². The molecule has 8 nitrogen and oxygen atoms in total. The first-order valence-corrected chi connectivity index (χ1v) is 12.2. The number of hydrogen-bond acceptors (Lipinski definition) is 7. The van der Waals surface area contributed by atoms with Gasteiger partial charge in [0.05, 0.1) is 48.8 Å². The number of alkyl halides is 3. The maximum absolute atomic E-state index is 14.3. The summed E-state index contributed by atoms with van der Waals surface area (Å²) in [4.78, 5) is 29.0. The number of halogens is 5. The number of benzene rings is 2. The largest absolute Gasteiger partial charge is 0.493 e. The van der Waals surface area contributed by atoms with E-state index in [0.717, 1.165) is 38.2 Å². The Balaban J connectivity index is 1.68. The monoisotopic (exact) mass is 582 g/mol. The molecule has 1 fully saturated rings. The number of rotatable bonds is 9. The lowest BCUT2D eigenvalue weighted by molar-refractivity contribution is -0.265. The van der Waals surface area contributed by atoms with Crippen LogP contribution in [0.15, 0.2) is 48.5 Å². The molecule has 2 aromatic carbocycles. The summed E-state index contributed by atoms with van der Waals surface area (Å²) in [6.45, 7) is -1.36. The number of aliphatic hydroxyl groups is 1. The van der Waals surface area contributed by atoms with Gasteiger partial charge in [-0.25, -0.2) is 14.2 Å². The molecule has 1 heterocycles. The van der Waals surface area contributed by atoms with Crippen LogP contribution in [0.4, 0.5) is 17.6 Å². The lowest BCUT2D eigenvalue weighted by Gasteiger charge is -2.30. The molecule has 40 heavy (non-hydrogen) atoms. The lowest BCUT2D eigenvalue weighted by atomic mass is 9.95. The second-order valence-electron chi connectivity index (χ2n) is 8.97. The second-order valence-corrected chi connectivity index (χ2v) is 9.38. The third kappa shape index (κ3) is 6.13. The highest BCUT2D eigenvalue weighted by molar-refractivity contribution is 6.31. The number of aromatic nitrogens is 1. The van der Waals surface area contributed by atoms with Crippen LogP contribution in [0.3, 0.4) is 0 Å². The minimum absolute atomic E-state index is 0.0412. The van der Waals surface area contributed by atoms with Crippen LogP contribution in [0.25, 0.3) is 11.3 Å². The first kappa shape index (κ1) is 29.1. The predicted molar refractivity (Wildman–Crippen MR) is 135 cm³/mol. The topological polar surface area (TPSA) is 107 Å². The third-order valence-corrected chi connectivity index (χ3v) is 6.39. The van der Waals surface area contributed by atoms with Gasteiger partial charge >= 0.3 is 12.1 Å². The second kappa shape index (κ2) is 11.3. The number of pyridine rings is 1. The van der Waals surface area contributed by atoms with Crippen molar-refractivity contribution < 1.29 is 46.5 Å². The van der Waals surface area contributed by atoms with Crippen LogP contribution in [0, 0.1) is 5.82 Å². The number of carbonyl (C=O) groups is 2. The Morgan fingerprint density at radius 3 is 2.38 bits per heavy atom. The van der Waals surface area contributed by atoms with E-state index >= 15 is 0 Å². The fourth-order valence-corrected chi connectivity index (χ4v) is 3.88. The molecule has 0 saturated heterocycles. The Labute approximate surface area is 230 Å². The number of carbonyl (C=O) groups excluding carboxylic acids is 2. The molecule has 1 amide bonds. The zero-order valence-electron chi connectivity index (χ0n) is 21.1. The molecule has 1 aliphatic carbocycles.